The molecule has 2 aromatic rings. The summed E-state index contributed by atoms with van der Waals surface area (Å²) in [6, 6.07) is 8.39. The number of benzene rings is 1. The van der Waals surface area contributed by atoms with Gasteiger partial charge in [-0.1, -0.05) is 0 Å². The number of sulfonamides is 1. The lowest BCUT2D eigenvalue weighted by atomic mass is 10.3. The molecule has 19 heavy (non-hydrogen) atoms. The molecule has 0 unspecified atom stereocenters. The third-order valence-electron chi connectivity index (χ3n) is 2.51. The number of nitrogens with one attached hydrogen (secondary N) is 1. The summed E-state index contributed by atoms with van der Waals surface area (Å²) in [6.45, 7) is 0. The van der Waals surface area contributed by atoms with Crippen LogP contribution in [-0.4, -0.2) is 15.5 Å². The van der Waals surface area contributed by atoms with Gasteiger partial charge in [0.2, 0.25) is 10.0 Å². The number of nitrogens with two attached hydrogens (primary N) is 1. The predicted molar refractivity (Wildman–Crippen MR) is 75.4 cm³/mol. The van der Waals surface area contributed by atoms with Gasteiger partial charge in [0.15, 0.2) is 0 Å². The van der Waals surface area contributed by atoms with Crippen LogP contribution in [-0.2, 0) is 15.8 Å². The van der Waals surface area contributed by atoms with Gasteiger partial charge in [-0.05, 0) is 37.4 Å². The summed E-state index contributed by atoms with van der Waals surface area (Å²) in [5.41, 5.74) is 6.31. The number of anilines is 1. The molecule has 0 saturated heterocycles. The van der Waals surface area contributed by atoms with E-state index < -0.39 is 10.0 Å². The first-order valence-electron chi connectivity index (χ1n) is 5.51. The Labute approximate surface area is 116 Å². The zero-order valence-electron chi connectivity index (χ0n) is 10.3. The highest BCUT2D eigenvalue weighted by atomic mass is 32.2. The van der Waals surface area contributed by atoms with Crippen molar-refractivity contribution in [3.8, 4) is 0 Å². The Morgan fingerprint density at radius 1 is 1.37 bits per heavy atom. The van der Waals surface area contributed by atoms with Gasteiger partial charge >= 0.3 is 0 Å². The standard InChI is InChI=1S/C12H14N2O3S2/c1-14-19(15,16)10-4-5-12(11(13)7-10)18-8-9-3-2-6-17-9/h2-7,14H,8,13H2,1H3. The highest BCUT2D eigenvalue weighted by molar-refractivity contribution is 7.98. The molecule has 1 heterocycles. The lowest BCUT2D eigenvalue weighted by Gasteiger charge is -2.07. The maximum absolute atomic E-state index is 11.6. The SMILES string of the molecule is CNS(=O)(=O)c1ccc(SCc2ccco2)c(N)c1. The second-order valence-corrected chi connectivity index (χ2v) is 6.68. The molecule has 2 rings (SSSR count). The first-order valence-corrected chi connectivity index (χ1v) is 7.98. The fourth-order valence-electron chi connectivity index (χ4n) is 1.49. The largest absolute Gasteiger partial charge is 0.468 e. The van der Waals surface area contributed by atoms with Crippen LogP contribution in [0.2, 0.25) is 0 Å². The number of rotatable bonds is 5. The van der Waals surface area contributed by atoms with E-state index in [1.54, 1.807) is 12.3 Å². The van der Waals surface area contributed by atoms with Crippen LogP contribution in [0.15, 0.2) is 50.8 Å². The molecule has 1 aromatic carbocycles. The van der Waals surface area contributed by atoms with Gasteiger partial charge in [0.05, 0.1) is 16.9 Å². The van der Waals surface area contributed by atoms with Crippen LogP contribution >= 0.6 is 11.8 Å². The van der Waals surface area contributed by atoms with Crippen LogP contribution < -0.4 is 10.5 Å². The van der Waals surface area contributed by atoms with Gasteiger partial charge < -0.3 is 10.2 Å². The molecule has 0 radical (unpaired) electrons. The van der Waals surface area contributed by atoms with E-state index in [-0.39, 0.29) is 4.90 Å². The lowest BCUT2D eigenvalue weighted by Crippen LogP contribution is -2.18. The van der Waals surface area contributed by atoms with Crippen LogP contribution in [0.3, 0.4) is 0 Å². The van der Waals surface area contributed by atoms with Crippen LogP contribution in [0.25, 0.3) is 0 Å². The molecule has 0 atom stereocenters. The van der Waals surface area contributed by atoms with Crippen LogP contribution in [0.1, 0.15) is 5.76 Å². The molecule has 0 aliphatic carbocycles. The van der Waals surface area contributed by atoms with E-state index in [0.717, 1.165) is 10.7 Å². The van der Waals surface area contributed by atoms with Gasteiger partial charge in [0.25, 0.3) is 0 Å². The Balaban J connectivity index is 2.16. The smallest absolute Gasteiger partial charge is 0.240 e. The monoisotopic (exact) mass is 298 g/mol. The van der Waals surface area contributed by atoms with Crippen molar-refractivity contribution < 1.29 is 12.8 Å². The van der Waals surface area contributed by atoms with Crippen molar-refractivity contribution in [2.45, 2.75) is 15.5 Å². The van der Waals surface area contributed by atoms with Crippen LogP contribution in [0.5, 0.6) is 0 Å². The van der Waals surface area contributed by atoms with Gasteiger partial charge in [0, 0.05) is 10.6 Å². The molecule has 102 valence electrons. The summed E-state index contributed by atoms with van der Waals surface area (Å²) < 4.78 is 30.7. The molecule has 0 amide bonds. The highest BCUT2D eigenvalue weighted by Gasteiger charge is 2.13. The second-order valence-electron chi connectivity index (χ2n) is 3.78. The van der Waals surface area contributed by atoms with Crippen molar-refractivity contribution in [1.82, 2.24) is 4.72 Å². The van der Waals surface area contributed by atoms with Gasteiger partial charge in [-0.2, -0.15) is 0 Å². The first-order chi connectivity index (χ1) is 9.03. The quantitative estimate of drug-likeness (QED) is 0.652. The predicted octanol–water partition coefficient (Wildman–Crippen LogP) is 2.06. The van der Waals surface area contributed by atoms with Crippen LogP contribution in [0, 0.1) is 0 Å². The zero-order chi connectivity index (χ0) is 13.9. The van der Waals surface area contributed by atoms with Gasteiger partial charge in [0.1, 0.15) is 5.76 Å². The van der Waals surface area contributed by atoms with Crippen molar-refractivity contribution in [3.05, 3.63) is 42.4 Å². The maximum atomic E-state index is 11.6. The van der Waals surface area contributed by atoms with E-state index in [9.17, 15) is 8.42 Å². The van der Waals surface area contributed by atoms with E-state index in [1.165, 1.54) is 30.9 Å². The fourth-order valence-corrected chi connectivity index (χ4v) is 3.10. The Hall–Kier alpha value is -1.44. The lowest BCUT2D eigenvalue weighted by molar-refractivity contribution is 0.530. The minimum Gasteiger partial charge on any atom is -0.468 e. The molecule has 1 aromatic heterocycles. The third kappa shape index (κ3) is 3.31. The van der Waals surface area contributed by atoms with Gasteiger partial charge in [-0.25, -0.2) is 13.1 Å². The Bertz CT molecular complexity index is 652. The zero-order valence-corrected chi connectivity index (χ0v) is 11.9. The fraction of sp³-hybridized carbons (Fsp3) is 0.167. The molecule has 0 aliphatic heterocycles. The molecule has 0 aliphatic rings. The first kappa shape index (κ1) is 14.0. The highest BCUT2D eigenvalue weighted by Crippen LogP contribution is 2.30. The van der Waals surface area contributed by atoms with E-state index in [1.807, 2.05) is 12.1 Å². The van der Waals surface area contributed by atoms with Crippen molar-refractivity contribution >= 4 is 27.5 Å². The molecule has 5 nitrogen and oxygen atoms in total. The number of hydrogen-bond acceptors (Lipinski definition) is 5. The van der Waals surface area contributed by atoms with Crippen molar-refractivity contribution in [2.75, 3.05) is 12.8 Å². The molecule has 0 spiro atoms. The summed E-state index contributed by atoms with van der Waals surface area (Å²) in [5.74, 6) is 1.49. The number of hydrogen-bond donors (Lipinski definition) is 2. The molecule has 0 saturated carbocycles. The summed E-state index contributed by atoms with van der Waals surface area (Å²) >= 11 is 1.50. The van der Waals surface area contributed by atoms with E-state index >= 15 is 0 Å². The molecular formula is C12H14N2O3S2. The third-order valence-corrected chi connectivity index (χ3v) is 5.03. The van der Waals surface area contributed by atoms with Crippen LogP contribution in [0.4, 0.5) is 5.69 Å². The molecular weight excluding hydrogens is 284 g/mol. The molecule has 7 heteroatoms. The maximum Gasteiger partial charge on any atom is 0.240 e. The van der Waals surface area contributed by atoms with E-state index in [0.29, 0.717) is 11.4 Å². The van der Waals surface area contributed by atoms with Gasteiger partial charge in [-0.3, -0.25) is 0 Å². The topological polar surface area (TPSA) is 85.3 Å². The Kier molecular flexibility index (Phi) is 4.18. The molecule has 0 bridgehead atoms. The average molecular weight is 298 g/mol. The average Bonchev–Trinajstić information content (AvgIpc) is 2.90. The minimum absolute atomic E-state index is 0.162. The normalized spacial score (nSPS) is 11.6. The Morgan fingerprint density at radius 2 is 2.16 bits per heavy atom. The summed E-state index contributed by atoms with van der Waals surface area (Å²) in [6.07, 6.45) is 1.61. The summed E-state index contributed by atoms with van der Waals surface area (Å²) in [4.78, 5) is 0.987. The van der Waals surface area contributed by atoms with E-state index in [4.69, 9.17) is 10.2 Å². The summed E-state index contributed by atoms with van der Waals surface area (Å²) in [5, 5.41) is 0. The summed E-state index contributed by atoms with van der Waals surface area (Å²) in [7, 11) is -2.09. The van der Waals surface area contributed by atoms with Crippen molar-refractivity contribution in [1.29, 1.82) is 0 Å². The second kappa shape index (κ2) is 5.68. The number of nitrogen functional groups attached to an aromatic ring is 1. The van der Waals surface area contributed by atoms with Gasteiger partial charge in [-0.15, -0.1) is 11.8 Å². The Morgan fingerprint density at radius 3 is 2.74 bits per heavy atom. The number of thioether (sulfide) groups is 1. The minimum atomic E-state index is -3.45. The molecule has 0 fully saturated rings. The van der Waals surface area contributed by atoms with Crippen molar-refractivity contribution in [3.63, 3.8) is 0 Å². The van der Waals surface area contributed by atoms with E-state index in [2.05, 4.69) is 4.72 Å². The number of furan rings is 1. The van der Waals surface area contributed by atoms with Crippen molar-refractivity contribution in [2.24, 2.45) is 0 Å². The molecule has 3 N–H and O–H groups in total.